The van der Waals surface area contributed by atoms with Gasteiger partial charge in [0.15, 0.2) is 0 Å². The van der Waals surface area contributed by atoms with Crippen molar-refractivity contribution in [3.63, 3.8) is 0 Å². The maximum Gasteiger partial charge on any atom is 0.123 e. The molecule has 2 nitrogen and oxygen atoms in total. The average molecular weight is 330 g/mol. The summed E-state index contributed by atoms with van der Waals surface area (Å²) in [6, 6.07) is 11.5. The molecule has 0 spiro atoms. The van der Waals surface area contributed by atoms with E-state index in [1.807, 2.05) is 18.2 Å². The van der Waals surface area contributed by atoms with E-state index in [4.69, 9.17) is 17.4 Å². The molecule has 2 aromatic carbocycles. The van der Waals surface area contributed by atoms with Crippen LogP contribution in [0.5, 0.6) is 0 Å². The molecule has 0 aliphatic carbocycles. The van der Waals surface area contributed by atoms with E-state index >= 15 is 0 Å². The first-order chi connectivity index (χ1) is 8.61. The number of nitrogens with two attached hydrogens (primary N) is 1. The van der Waals surface area contributed by atoms with Crippen molar-refractivity contribution in [2.75, 3.05) is 0 Å². The minimum Gasteiger partial charge on any atom is -0.271 e. The molecule has 1 unspecified atom stereocenters. The van der Waals surface area contributed by atoms with Gasteiger partial charge in [0.1, 0.15) is 5.82 Å². The van der Waals surface area contributed by atoms with Gasteiger partial charge >= 0.3 is 0 Å². The maximum atomic E-state index is 12.9. The van der Waals surface area contributed by atoms with E-state index < -0.39 is 0 Å². The van der Waals surface area contributed by atoms with Crippen molar-refractivity contribution in [2.24, 2.45) is 5.84 Å². The van der Waals surface area contributed by atoms with Crippen molar-refractivity contribution in [2.45, 2.75) is 6.04 Å². The van der Waals surface area contributed by atoms with Crippen LogP contribution in [0, 0.1) is 5.82 Å². The quantitative estimate of drug-likeness (QED) is 0.664. The summed E-state index contributed by atoms with van der Waals surface area (Å²) in [5.74, 6) is 5.29. The summed E-state index contributed by atoms with van der Waals surface area (Å²) in [5, 5.41) is 0.606. The minimum atomic E-state index is -0.275. The smallest absolute Gasteiger partial charge is 0.123 e. The van der Waals surface area contributed by atoms with E-state index in [-0.39, 0.29) is 11.9 Å². The summed E-state index contributed by atoms with van der Waals surface area (Å²) in [7, 11) is 0. The molecule has 0 amide bonds. The second-order valence-corrected chi connectivity index (χ2v) is 5.09. The van der Waals surface area contributed by atoms with E-state index in [0.717, 1.165) is 15.6 Å². The molecule has 0 radical (unpaired) electrons. The van der Waals surface area contributed by atoms with Gasteiger partial charge in [-0.25, -0.2) is 9.82 Å². The van der Waals surface area contributed by atoms with Crippen molar-refractivity contribution in [3.8, 4) is 0 Å². The van der Waals surface area contributed by atoms with Gasteiger partial charge in [0.2, 0.25) is 0 Å². The van der Waals surface area contributed by atoms with Crippen molar-refractivity contribution in [1.82, 2.24) is 5.43 Å². The zero-order chi connectivity index (χ0) is 13.1. The Kier molecular flexibility index (Phi) is 4.35. The zero-order valence-corrected chi connectivity index (χ0v) is 11.7. The highest BCUT2D eigenvalue weighted by atomic mass is 79.9. The molecular weight excluding hydrogens is 319 g/mol. The molecule has 0 aromatic heterocycles. The highest BCUT2D eigenvalue weighted by molar-refractivity contribution is 9.10. The van der Waals surface area contributed by atoms with E-state index in [2.05, 4.69) is 21.4 Å². The van der Waals surface area contributed by atoms with Gasteiger partial charge in [0, 0.05) is 4.47 Å². The number of rotatable bonds is 3. The van der Waals surface area contributed by atoms with Crippen molar-refractivity contribution in [1.29, 1.82) is 0 Å². The Hall–Kier alpha value is -0.940. The molecule has 0 aliphatic rings. The van der Waals surface area contributed by atoms with E-state index in [0.29, 0.717) is 5.02 Å². The molecule has 2 rings (SSSR count). The average Bonchev–Trinajstić information content (AvgIpc) is 2.37. The monoisotopic (exact) mass is 328 g/mol. The fourth-order valence-electron chi connectivity index (χ4n) is 1.73. The lowest BCUT2D eigenvalue weighted by Gasteiger charge is -2.17. The lowest BCUT2D eigenvalue weighted by atomic mass is 9.99. The summed E-state index contributed by atoms with van der Waals surface area (Å²) in [5.41, 5.74) is 4.49. The molecule has 0 fully saturated rings. The fraction of sp³-hybridized carbons (Fsp3) is 0.0769. The largest absolute Gasteiger partial charge is 0.271 e. The first kappa shape index (κ1) is 13.5. The van der Waals surface area contributed by atoms with Gasteiger partial charge in [-0.15, -0.1) is 0 Å². The van der Waals surface area contributed by atoms with E-state index in [1.54, 1.807) is 12.1 Å². The maximum absolute atomic E-state index is 12.9. The predicted octanol–water partition coefficient (Wildman–Crippen LogP) is 3.79. The standard InChI is InChI=1S/C13H11BrClFN2/c14-11-6-3-9(7-12(11)15)13(18-17)8-1-4-10(16)5-2-8/h1-7,13,18H,17H2. The van der Waals surface area contributed by atoms with Crippen LogP contribution in [-0.2, 0) is 0 Å². The molecule has 0 saturated carbocycles. The lowest BCUT2D eigenvalue weighted by molar-refractivity contribution is 0.615. The molecule has 0 heterocycles. The third-order valence-electron chi connectivity index (χ3n) is 2.65. The first-order valence-electron chi connectivity index (χ1n) is 5.28. The van der Waals surface area contributed by atoms with E-state index in [9.17, 15) is 4.39 Å². The summed E-state index contributed by atoms with van der Waals surface area (Å²) in [6.45, 7) is 0. The van der Waals surface area contributed by atoms with Crippen molar-refractivity contribution in [3.05, 3.63) is 68.9 Å². The Bertz CT molecular complexity index is 545. The third-order valence-corrected chi connectivity index (χ3v) is 3.88. The van der Waals surface area contributed by atoms with Crippen LogP contribution in [0.25, 0.3) is 0 Å². The van der Waals surface area contributed by atoms with Crippen LogP contribution in [0.2, 0.25) is 5.02 Å². The number of hydrazine groups is 1. The normalized spacial score (nSPS) is 12.4. The number of benzene rings is 2. The molecule has 1 atom stereocenters. The molecule has 94 valence electrons. The summed E-state index contributed by atoms with van der Waals surface area (Å²) in [4.78, 5) is 0. The minimum absolute atomic E-state index is 0.226. The fourth-order valence-corrected chi connectivity index (χ4v) is 2.17. The van der Waals surface area contributed by atoms with Gasteiger partial charge in [0.25, 0.3) is 0 Å². The number of hydrogen-bond donors (Lipinski definition) is 2. The molecule has 2 aromatic rings. The number of nitrogens with one attached hydrogen (secondary N) is 1. The third kappa shape index (κ3) is 2.90. The molecule has 0 aliphatic heterocycles. The lowest BCUT2D eigenvalue weighted by Crippen LogP contribution is -2.28. The summed E-state index contributed by atoms with van der Waals surface area (Å²) >= 11 is 9.39. The molecule has 0 saturated heterocycles. The van der Waals surface area contributed by atoms with Crippen molar-refractivity contribution < 1.29 is 4.39 Å². The van der Waals surface area contributed by atoms with Gasteiger partial charge in [-0.1, -0.05) is 29.8 Å². The van der Waals surface area contributed by atoms with Crippen molar-refractivity contribution >= 4 is 27.5 Å². The van der Waals surface area contributed by atoms with Gasteiger partial charge in [-0.05, 0) is 51.3 Å². The highest BCUT2D eigenvalue weighted by Crippen LogP contribution is 2.28. The Morgan fingerprint density at radius 3 is 2.28 bits per heavy atom. The van der Waals surface area contributed by atoms with Gasteiger partial charge in [0.05, 0.1) is 11.1 Å². The first-order valence-corrected chi connectivity index (χ1v) is 6.45. The highest BCUT2D eigenvalue weighted by Gasteiger charge is 2.13. The Morgan fingerprint density at radius 2 is 1.72 bits per heavy atom. The molecule has 18 heavy (non-hydrogen) atoms. The van der Waals surface area contributed by atoms with Crippen LogP contribution in [0.15, 0.2) is 46.9 Å². The van der Waals surface area contributed by atoms with Crippen LogP contribution in [-0.4, -0.2) is 0 Å². The second-order valence-electron chi connectivity index (χ2n) is 3.82. The summed E-state index contributed by atoms with van der Waals surface area (Å²) in [6.07, 6.45) is 0. The Labute approximate surface area is 118 Å². The number of hydrogen-bond acceptors (Lipinski definition) is 2. The predicted molar refractivity (Wildman–Crippen MR) is 74.7 cm³/mol. The topological polar surface area (TPSA) is 38.0 Å². The van der Waals surface area contributed by atoms with Crippen LogP contribution in [0.4, 0.5) is 4.39 Å². The summed E-state index contributed by atoms with van der Waals surface area (Å²) < 4.78 is 13.7. The Morgan fingerprint density at radius 1 is 1.11 bits per heavy atom. The number of halogens is 3. The van der Waals surface area contributed by atoms with Gasteiger partial charge in [-0.2, -0.15) is 0 Å². The van der Waals surface area contributed by atoms with Crippen LogP contribution in [0.1, 0.15) is 17.2 Å². The molecule has 3 N–H and O–H groups in total. The second kappa shape index (κ2) is 5.80. The van der Waals surface area contributed by atoms with Gasteiger partial charge in [-0.3, -0.25) is 5.84 Å². The van der Waals surface area contributed by atoms with Gasteiger partial charge < -0.3 is 0 Å². The zero-order valence-electron chi connectivity index (χ0n) is 9.33. The molecule has 0 bridgehead atoms. The van der Waals surface area contributed by atoms with E-state index in [1.165, 1.54) is 12.1 Å². The molecular formula is C13H11BrClFN2. The van der Waals surface area contributed by atoms with Crippen LogP contribution < -0.4 is 11.3 Å². The molecule has 5 heteroatoms. The SMILES string of the molecule is NNC(c1ccc(F)cc1)c1ccc(Br)c(Cl)c1. The van der Waals surface area contributed by atoms with Crippen LogP contribution in [0.3, 0.4) is 0 Å². The van der Waals surface area contributed by atoms with Crippen LogP contribution >= 0.6 is 27.5 Å². The Balaban J connectivity index is 2.38.